The highest BCUT2D eigenvalue weighted by Gasteiger charge is 2.15. The highest BCUT2D eigenvalue weighted by Crippen LogP contribution is 2.14. The summed E-state index contributed by atoms with van der Waals surface area (Å²) >= 11 is 0. The molecular weight excluding hydrogens is 316 g/mol. The molecule has 5 heteroatoms. The van der Waals surface area contributed by atoms with Gasteiger partial charge in [0.1, 0.15) is 5.60 Å². The summed E-state index contributed by atoms with van der Waals surface area (Å²) in [7, 11) is 1.71. The van der Waals surface area contributed by atoms with Crippen molar-refractivity contribution in [3.63, 3.8) is 0 Å². The van der Waals surface area contributed by atoms with Gasteiger partial charge in [0.15, 0.2) is 0 Å². The fraction of sp³-hybridized carbons (Fsp3) is 0.650. The predicted molar refractivity (Wildman–Crippen MR) is 103 cm³/mol. The van der Waals surface area contributed by atoms with Crippen LogP contribution in [0.15, 0.2) is 24.3 Å². The van der Waals surface area contributed by atoms with E-state index < -0.39 is 5.60 Å². The number of anilines is 1. The summed E-state index contributed by atoms with van der Waals surface area (Å²) < 4.78 is 10.5. The van der Waals surface area contributed by atoms with Crippen LogP contribution >= 0.6 is 0 Å². The first kappa shape index (κ1) is 21.3. The predicted octanol–water partition coefficient (Wildman–Crippen LogP) is 4.37. The average molecular weight is 351 g/mol. The van der Waals surface area contributed by atoms with E-state index in [1.54, 1.807) is 7.11 Å². The van der Waals surface area contributed by atoms with Crippen LogP contribution in [0.2, 0.25) is 0 Å². The summed E-state index contributed by atoms with van der Waals surface area (Å²) in [5, 5.41) is 6.30. The smallest absolute Gasteiger partial charge is 0.407 e. The minimum atomic E-state index is -0.464. The summed E-state index contributed by atoms with van der Waals surface area (Å²) in [5.41, 5.74) is 1.99. The number of carbonyl (C=O) groups excluding carboxylic acids is 1. The minimum absolute atomic E-state index is 0.211. The molecule has 25 heavy (non-hydrogen) atoms. The number of benzene rings is 1. The number of carbonyl (C=O) groups is 1. The van der Waals surface area contributed by atoms with Crippen LogP contribution in [0.1, 0.15) is 52.5 Å². The largest absolute Gasteiger partial charge is 0.444 e. The van der Waals surface area contributed by atoms with Gasteiger partial charge in [-0.05, 0) is 57.7 Å². The van der Waals surface area contributed by atoms with Crippen LogP contribution < -0.4 is 10.6 Å². The van der Waals surface area contributed by atoms with Gasteiger partial charge in [0.05, 0.1) is 6.61 Å². The normalized spacial score (nSPS) is 12.5. The molecule has 0 bridgehead atoms. The van der Waals surface area contributed by atoms with Gasteiger partial charge in [0, 0.05) is 25.4 Å². The number of aryl methyl sites for hydroxylation is 1. The lowest BCUT2D eigenvalue weighted by Gasteiger charge is -2.21. The van der Waals surface area contributed by atoms with Gasteiger partial charge in [-0.1, -0.05) is 25.5 Å². The van der Waals surface area contributed by atoms with Crippen LogP contribution in [-0.2, 0) is 15.9 Å². The standard InChI is InChI=1S/C20H34N2O3/c1-6-8-16-10-12-17(13-11-16)22-18(15-24-5)9-7-14-21-19(23)25-20(2,3)4/h10-13,18,22H,6-9,14-15H2,1-5H3,(H,21,23). The van der Waals surface area contributed by atoms with Crippen molar-refractivity contribution in [3.8, 4) is 0 Å². The first-order valence-corrected chi connectivity index (χ1v) is 9.15. The number of rotatable bonds is 10. The minimum Gasteiger partial charge on any atom is -0.444 e. The van der Waals surface area contributed by atoms with Crippen LogP contribution in [0.4, 0.5) is 10.5 Å². The van der Waals surface area contributed by atoms with E-state index in [1.807, 2.05) is 20.8 Å². The zero-order valence-electron chi connectivity index (χ0n) is 16.4. The Labute approximate surface area is 152 Å². The molecule has 1 aromatic carbocycles. The lowest BCUT2D eigenvalue weighted by Crippen LogP contribution is -2.33. The number of amides is 1. The van der Waals surface area contributed by atoms with E-state index in [-0.39, 0.29) is 12.1 Å². The molecule has 0 aliphatic carbocycles. The van der Waals surface area contributed by atoms with E-state index in [2.05, 4.69) is 41.8 Å². The molecule has 1 rings (SSSR count). The number of nitrogens with one attached hydrogen (secondary N) is 2. The van der Waals surface area contributed by atoms with Gasteiger partial charge in [-0.2, -0.15) is 0 Å². The fourth-order valence-corrected chi connectivity index (χ4v) is 2.54. The van der Waals surface area contributed by atoms with Gasteiger partial charge in [0.25, 0.3) is 0 Å². The molecule has 0 fully saturated rings. The number of methoxy groups -OCH3 is 1. The van der Waals surface area contributed by atoms with E-state index in [4.69, 9.17) is 9.47 Å². The molecule has 5 nitrogen and oxygen atoms in total. The maximum Gasteiger partial charge on any atom is 0.407 e. The lowest BCUT2D eigenvalue weighted by molar-refractivity contribution is 0.0526. The molecule has 0 radical (unpaired) electrons. The van der Waals surface area contributed by atoms with Crippen LogP contribution in [0.5, 0.6) is 0 Å². The van der Waals surface area contributed by atoms with Gasteiger partial charge >= 0.3 is 6.09 Å². The summed E-state index contributed by atoms with van der Waals surface area (Å²) in [5.74, 6) is 0. The van der Waals surface area contributed by atoms with Crippen molar-refractivity contribution in [2.45, 2.75) is 65.0 Å². The average Bonchev–Trinajstić information content (AvgIpc) is 2.52. The van der Waals surface area contributed by atoms with E-state index in [0.717, 1.165) is 31.4 Å². The van der Waals surface area contributed by atoms with Crippen molar-refractivity contribution in [3.05, 3.63) is 29.8 Å². The molecule has 1 amide bonds. The zero-order valence-corrected chi connectivity index (χ0v) is 16.4. The van der Waals surface area contributed by atoms with Crippen molar-refractivity contribution in [1.29, 1.82) is 0 Å². The molecule has 2 N–H and O–H groups in total. The van der Waals surface area contributed by atoms with E-state index in [1.165, 1.54) is 5.56 Å². The Bertz CT molecular complexity index is 495. The maximum absolute atomic E-state index is 11.6. The number of hydrogen-bond donors (Lipinski definition) is 2. The van der Waals surface area contributed by atoms with E-state index >= 15 is 0 Å². The SMILES string of the molecule is CCCc1ccc(NC(CCCNC(=O)OC(C)(C)C)COC)cc1. The molecular formula is C20H34N2O3. The second-order valence-electron chi connectivity index (χ2n) is 7.31. The van der Waals surface area contributed by atoms with E-state index in [0.29, 0.717) is 13.2 Å². The highest BCUT2D eigenvalue weighted by molar-refractivity contribution is 5.67. The Hall–Kier alpha value is -1.75. The van der Waals surface area contributed by atoms with Crippen molar-refractivity contribution in [2.24, 2.45) is 0 Å². The van der Waals surface area contributed by atoms with Crippen LogP contribution in [-0.4, -0.2) is 38.0 Å². The Balaban J connectivity index is 2.37. The Morgan fingerprint density at radius 3 is 2.44 bits per heavy atom. The Kier molecular flexibility index (Phi) is 9.35. The van der Waals surface area contributed by atoms with Crippen LogP contribution in [0, 0.1) is 0 Å². The van der Waals surface area contributed by atoms with E-state index in [9.17, 15) is 4.79 Å². The Morgan fingerprint density at radius 2 is 1.88 bits per heavy atom. The quantitative estimate of drug-likeness (QED) is 0.615. The third kappa shape index (κ3) is 9.97. The van der Waals surface area contributed by atoms with Gasteiger partial charge in [0.2, 0.25) is 0 Å². The monoisotopic (exact) mass is 350 g/mol. The molecule has 1 unspecified atom stereocenters. The fourth-order valence-electron chi connectivity index (χ4n) is 2.54. The molecule has 0 spiro atoms. The number of alkyl carbamates (subject to hydrolysis) is 1. The molecule has 0 heterocycles. The third-order valence-electron chi connectivity index (χ3n) is 3.63. The van der Waals surface area contributed by atoms with Crippen molar-refractivity contribution in [1.82, 2.24) is 5.32 Å². The van der Waals surface area contributed by atoms with Crippen LogP contribution in [0.25, 0.3) is 0 Å². The number of hydrogen-bond acceptors (Lipinski definition) is 4. The topological polar surface area (TPSA) is 59.6 Å². The first-order valence-electron chi connectivity index (χ1n) is 9.15. The molecule has 0 aliphatic heterocycles. The summed E-state index contributed by atoms with van der Waals surface area (Å²) in [6.45, 7) is 8.98. The zero-order chi connectivity index (χ0) is 18.7. The molecule has 1 atom stereocenters. The van der Waals surface area contributed by atoms with Crippen LogP contribution in [0.3, 0.4) is 0 Å². The third-order valence-corrected chi connectivity index (χ3v) is 3.63. The molecule has 0 saturated carbocycles. The molecule has 142 valence electrons. The molecule has 0 saturated heterocycles. The Morgan fingerprint density at radius 1 is 1.20 bits per heavy atom. The van der Waals surface area contributed by atoms with Crippen molar-refractivity contribution < 1.29 is 14.3 Å². The van der Waals surface area contributed by atoms with Gasteiger partial charge in [-0.3, -0.25) is 0 Å². The van der Waals surface area contributed by atoms with Crippen molar-refractivity contribution >= 4 is 11.8 Å². The van der Waals surface area contributed by atoms with Gasteiger partial charge in [-0.15, -0.1) is 0 Å². The molecule has 0 aliphatic rings. The van der Waals surface area contributed by atoms with Gasteiger partial charge < -0.3 is 20.1 Å². The highest BCUT2D eigenvalue weighted by atomic mass is 16.6. The summed E-state index contributed by atoms with van der Waals surface area (Å²) in [6.07, 6.45) is 3.66. The molecule has 0 aromatic heterocycles. The molecule has 1 aromatic rings. The summed E-state index contributed by atoms with van der Waals surface area (Å²) in [4.78, 5) is 11.6. The lowest BCUT2D eigenvalue weighted by atomic mass is 10.1. The maximum atomic E-state index is 11.6. The first-order chi connectivity index (χ1) is 11.8. The summed E-state index contributed by atoms with van der Waals surface area (Å²) in [6, 6.07) is 8.78. The van der Waals surface area contributed by atoms with Gasteiger partial charge in [-0.25, -0.2) is 4.79 Å². The van der Waals surface area contributed by atoms with Crippen molar-refractivity contribution in [2.75, 3.05) is 25.6 Å². The second kappa shape index (κ2) is 11.0. The number of ether oxygens (including phenoxy) is 2. The second-order valence-corrected chi connectivity index (χ2v) is 7.31.